The number of amides is 2. The summed E-state index contributed by atoms with van der Waals surface area (Å²) in [7, 11) is 1.20. The number of ether oxygens (including phenoxy) is 2. The van der Waals surface area contributed by atoms with E-state index < -0.39 is 77.5 Å². The Balaban J connectivity index is 0.000000197. The van der Waals surface area contributed by atoms with Crippen LogP contribution < -0.4 is 26.4 Å². The Morgan fingerprint density at radius 1 is 0.586 bits per heavy atom. The molecule has 2 aliphatic rings. The average molecular weight is 1050 g/mol. The second kappa shape index (κ2) is 20.1. The standard InChI is InChI=1S/C21H14F5N5O2.C17H11BrF5N3O2.C4H5BN2O2/c1-31-18(32)20(30-19(31)27,13-3-5-17(16(23)7-13)33-21(24,25)26)12-2-4-15(22)14(6-12)11-8-28-10-29-9-11;1-26-14(27)16(25-15(26)24,8-2-4-11(19)10(18)6-8)9-3-5-13(12(20)7-9)28-17(21,22)23;8-5(9)4-1-6-3-7-2-4/h2-10H,1H3,(H2,27,30);2-7H,1H3,(H2,24,25);1-3,8-9H. The maximum Gasteiger partial charge on any atom is 0.573 e. The first-order valence-electron chi connectivity index (χ1n) is 19.3. The summed E-state index contributed by atoms with van der Waals surface area (Å²) in [6.45, 7) is 0. The Labute approximate surface area is 396 Å². The van der Waals surface area contributed by atoms with E-state index in [1.165, 1.54) is 75.8 Å². The number of halogens is 11. The SMILES string of the molecule is CN1C(=O)C(c2ccc(OC(F)(F)F)c(F)c2)(c2ccc(F)c(-c3cncnc3)c2)N=C1N.CN1C(=O)C(c2ccc(OC(F)(F)F)c(F)c2)(c2ccc(F)c(Br)c2)N=C1N.OB(O)c1cncnc1. The van der Waals surface area contributed by atoms with E-state index >= 15 is 0 Å². The number of rotatable bonds is 8. The number of hydrogen-bond acceptors (Lipinski definition) is 14. The molecule has 8 rings (SSSR count). The van der Waals surface area contributed by atoms with Crippen molar-refractivity contribution in [1.29, 1.82) is 0 Å². The molecule has 0 saturated carbocycles. The van der Waals surface area contributed by atoms with Crippen molar-refractivity contribution in [2.75, 3.05) is 14.1 Å². The largest absolute Gasteiger partial charge is 0.573 e. The fourth-order valence-corrected chi connectivity index (χ4v) is 7.19. The molecule has 6 N–H and O–H groups in total. The van der Waals surface area contributed by atoms with E-state index in [9.17, 15) is 53.5 Å². The lowest BCUT2D eigenvalue weighted by atomic mass is 9.81. The molecular formula is C42H30BBrF10N10O6. The Bertz CT molecular complexity index is 3000. The van der Waals surface area contributed by atoms with Crippen molar-refractivity contribution < 1.29 is 73.0 Å². The minimum Gasteiger partial charge on any atom is -0.423 e. The van der Waals surface area contributed by atoms with Crippen LogP contribution in [0.4, 0.5) is 43.9 Å². The predicted octanol–water partition coefficient (Wildman–Crippen LogP) is 5.16. The molecule has 6 aromatic rings. The number of nitrogens with zero attached hydrogens (tertiary/aromatic N) is 8. The highest BCUT2D eigenvalue weighted by molar-refractivity contribution is 9.10. The van der Waals surface area contributed by atoms with Crippen LogP contribution in [-0.2, 0) is 20.7 Å². The van der Waals surface area contributed by atoms with Crippen molar-refractivity contribution >= 4 is 52.2 Å². The van der Waals surface area contributed by atoms with Gasteiger partial charge in [0.2, 0.25) is 0 Å². The molecule has 0 bridgehead atoms. The highest BCUT2D eigenvalue weighted by atomic mass is 79.9. The van der Waals surface area contributed by atoms with Gasteiger partial charge in [0.05, 0.1) is 4.47 Å². The van der Waals surface area contributed by atoms with Gasteiger partial charge in [-0.2, -0.15) is 0 Å². The molecule has 2 aromatic heterocycles. The number of carbonyl (C=O) groups excluding carboxylic acids is 2. The lowest BCUT2D eigenvalue weighted by Crippen LogP contribution is -2.41. The van der Waals surface area contributed by atoms with Crippen LogP contribution in [-0.4, -0.2) is 97.5 Å². The van der Waals surface area contributed by atoms with Gasteiger partial charge in [-0.1, -0.05) is 24.3 Å². The topological polar surface area (TPSA) is 228 Å². The first kappa shape index (κ1) is 51.7. The fraction of sp³-hybridized carbons (Fsp3) is 0.143. The molecule has 0 fully saturated rings. The van der Waals surface area contributed by atoms with Gasteiger partial charge in [-0.3, -0.25) is 19.4 Å². The van der Waals surface area contributed by atoms with E-state index in [1.807, 2.05) is 0 Å². The van der Waals surface area contributed by atoms with E-state index in [2.05, 4.69) is 55.3 Å². The minimum atomic E-state index is -5.12. The number of benzene rings is 4. The fourth-order valence-electron chi connectivity index (χ4n) is 6.81. The molecular weight excluding hydrogens is 1020 g/mol. The van der Waals surface area contributed by atoms with Crippen LogP contribution in [0.3, 0.4) is 0 Å². The first-order valence-corrected chi connectivity index (χ1v) is 20.1. The summed E-state index contributed by atoms with van der Waals surface area (Å²) in [5, 5.41) is 17.0. The van der Waals surface area contributed by atoms with Crippen LogP contribution in [0.5, 0.6) is 11.5 Å². The van der Waals surface area contributed by atoms with Crippen LogP contribution in [0, 0.1) is 23.3 Å². The molecule has 0 saturated heterocycles. The van der Waals surface area contributed by atoms with Crippen LogP contribution in [0.25, 0.3) is 11.1 Å². The van der Waals surface area contributed by atoms with Crippen molar-refractivity contribution in [2.45, 2.75) is 23.8 Å². The van der Waals surface area contributed by atoms with Gasteiger partial charge in [-0.05, 0) is 86.7 Å². The van der Waals surface area contributed by atoms with E-state index in [1.54, 1.807) is 0 Å². The van der Waals surface area contributed by atoms with Gasteiger partial charge < -0.3 is 31.0 Å². The van der Waals surface area contributed by atoms with Gasteiger partial charge in [0.1, 0.15) is 24.3 Å². The molecule has 2 aliphatic heterocycles. The van der Waals surface area contributed by atoms with Crippen molar-refractivity contribution in [1.82, 2.24) is 29.7 Å². The first-order chi connectivity index (χ1) is 32.8. The Morgan fingerprint density at radius 2 is 0.971 bits per heavy atom. The van der Waals surface area contributed by atoms with Crippen molar-refractivity contribution in [3.63, 3.8) is 0 Å². The van der Waals surface area contributed by atoms with Crippen LogP contribution in [0.15, 0.2) is 125 Å². The van der Waals surface area contributed by atoms with Gasteiger partial charge in [-0.25, -0.2) is 47.5 Å². The van der Waals surface area contributed by atoms with Crippen LogP contribution in [0.2, 0.25) is 0 Å². The van der Waals surface area contributed by atoms with Gasteiger partial charge >= 0.3 is 19.8 Å². The maximum absolute atomic E-state index is 14.6. The second-order valence-electron chi connectivity index (χ2n) is 14.5. The zero-order valence-corrected chi connectivity index (χ0v) is 37.0. The molecule has 4 heterocycles. The third-order valence-electron chi connectivity index (χ3n) is 10.1. The minimum absolute atomic E-state index is 0.0120. The molecule has 0 spiro atoms. The van der Waals surface area contributed by atoms with Crippen LogP contribution in [0.1, 0.15) is 22.3 Å². The lowest BCUT2D eigenvalue weighted by Gasteiger charge is -2.27. The van der Waals surface area contributed by atoms with Crippen molar-refractivity contribution in [2.24, 2.45) is 21.5 Å². The highest BCUT2D eigenvalue weighted by Gasteiger charge is 2.51. The quantitative estimate of drug-likeness (QED) is 0.115. The van der Waals surface area contributed by atoms with E-state index in [-0.39, 0.29) is 44.2 Å². The second-order valence-corrected chi connectivity index (χ2v) is 15.3. The zero-order chi connectivity index (χ0) is 51.5. The molecule has 364 valence electrons. The molecule has 0 radical (unpaired) electrons. The van der Waals surface area contributed by atoms with Crippen molar-refractivity contribution in [3.8, 4) is 22.6 Å². The summed E-state index contributed by atoms with van der Waals surface area (Å²) in [6.07, 6.45) is -2.23. The number of hydrogen-bond donors (Lipinski definition) is 4. The summed E-state index contributed by atoms with van der Waals surface area (Å²) < 4.78 is 139. The molecule has 2 unspecified atom stereocenters. The van der Waals surface area contributed by atoms with Crippen molar-refractivity contribution in [3.05, 3.63) is 160 Å². The van der Waals surface area contributed by atoms with Gasteiger partial charge in [-0.15, -0.1) is 26.3 Å². The molecule has 0 aliphatic carbocycles. The number of likely N-dealkylation sites (N-methyl/N-ethyl adjacent to an activating group) is 2. The molecule has 16 nitrogen and oxygen atoms in total. The Hall–Kier alpha value is -7.72. The van der Waals surface area contributed by atoms with E-state index in [0.29, 0.717) is 23.2 Å². The maximum atomic E-state index is 14.6. The van der Waals surface area contributed by atoms with E-state index in [0.717, 1.165) is 46.2 Å². The molecule has 70 heavy (non-hydrogen) atoms. The monoisotopic (exact) mass is 1050 g/mol. The number of alkyl halides is 6. The normalized spacial score (nSPS) is 17.8. The number of guanidine groups is 2. The summed E-state index contributed by atoms with van der Waals surface area (Å²) in [5.41, 5.74) is 8.34. The molecule has 2 atom stereocenters. The van der Waals surface area contributed by atoms with Crippen LogP contribution >= 0.6 is 15.9 Å². The Kier molecular flexibility index (Phi) is 14.8. The third-order valence-corrected chi connectivity index (χ3v) is 10.7. The smallest absolute Gasteiger partial charge is 0.423 e. The van der Waals surface area contributed by atoms with Gasteiger partial charge in [0.15, 0.2) is 46.1 Å². The lowest BCUT2D eigenvalue weighted by molar-refractivity contribution is -0.276. The molecule has 28 heteroatoms. The number of nitrogens with two attached hydrogens (primary N) is 2. The van der Waals surface area contributed by atoms with Gasteiger partial charge in [0.25, 0.3) is 11.8 Å². The average Bonchev–Trinajstić information content (AvgIpc) is 3.68. The van der Waals surface area contributed by atoms with E-state index in [4.69, 9.17) is 21.5 Å². The number of carbonyl (C=O) groups is 2. The molecule has 4 aromatic carbocycles. The Morgan fingerprint density at radius 3 is 1.33 bits per heavy atom. The summed E-state index contributed by atoms with van der Waals surface area (Å²) in [4.78, 5) is 51.4. The third kappa shape index (κ3) is 10.8. The summed E-state index contributed by atoms with van der Waals surface area (Å²) in [6, 6.07) is 12.2. The summed E-state index contributed by atoms with van der Waals surface area (Å²) in [5.74, 6) is -7.97. The van der Waals surface area contributed by atoms with Gasteiger partial charge in [0, 0.05) is 55.5 Å². The highest BCUT2D eigenvalue weighted by Crippen LogP contribution is 2.44. The number of aromatic nitrogens is 4. The number of aliphatic imine (C=N–C) groups is 2. The summed E-state index contributed by atoms with van der Waals surface area (Å²) >= 11 is 3.00. The predicted molar refractivity (Wildman–Crippen MR) is 230 cm³/mol. The molecule has 2 amide bonds. The zero-order valence-electron chi connectivity index (χ0n) is 35.4.